The Labute approximate surface area is 151 Å². The predicted octanol–water partition coefficient (Wildman–Crippen LogP) is 4.85. The van der Waals surface area contributed by atoms with E-state index in [9.17, 15) is 0 Å². The Morgan fingerprint density at radius 2 is 1.88 bits per heavy atom. The van der Waals surface area contributed by atoms with E-state index in [-0.39, 0.29) is 0 Å². The highest BCUT2D eigenvalue weighted by atomic mass is 32.2. The second-order valence-corrected chi connectivity index (χ2v) is 8.54. The SMILES string of the molecule is Cc1nc(SC2CCN(C)CC2)c2c(-c3ccccc3)csc2n1. The molecule has 3 heterocycles. The molecule has 0 spiro atoms. The van der Waals surface area contributed by atoms with Crippen LogP contribution in [0.2, 0.25) is 0 Å². The minimum absolute atomic E-state index is 0.655. The average molecular weight is 356 g/mol. The molecule has 0 bridgehead atoms. The molecule has 0 amide bonds. The van der Waals surface area contributed by atoms with Crippen molar-refractivity contribution >= 4 is 33.3 Å². The van der Waals surface area contributed by atoms with Crippen LogP contribution in [0, 0.1) is 6.92 Å². The molecule has 1 aliphatic heterocycles. The van der Waals surface area contributed by atoms with Gasteiger partial charge in [0.1, 0.15) is 15.7 Å². The Kier molecular flexibility index (Phi) is 4.57. The van der Waals surface area contributed by atoms with Gasteiger partial charge in [0.15, 0.2) is 0 Å². The number of likely N-dealkylation sites (tertiary alicyclic amines) is 1. The highest BCUT2D eigenvalue weighted by Crippen LogP contribution is 2.40. The molecule has 0 aliphatic carbocycles. The van der Waals surface area contributed by atoms with E-state index in [0.717, 1.165) is 15.7 Å². The summed E-state index contributed by atoms with van der Waals surface area (Å²) in [5.74, 6) is 0.874. The highest BCUT2D eigenvalue weighted by molar-refractivity contribution is 8.00. The molecule has 0 radical (unpaired) electrons. The second-order valence-electron chi connectivity index (χ2n) is 6.39. The summed E-state index contributed by atoms with van der Waals surface area (Å²) in [6.07, 6.45) is 2.47. The number of hydrogen-bond acceptors (Lipinski definition) is 5. The van der Waals surface area contributed by atoms with Gasteiger partial charge in [0, 0.05) is 16.2 Å². The normalized spacial score (nSPS) is 16.8. The number of aryl methyl sites for hydroxylation is 1. The molecule has 1 aliphatic rings. The fraction of sp³-hybridized carbons (Fsp3) is 0.368. The number of benzene rings is 1. The molecule has 3 aromatic rings. The molecule has 0 unspecified atom stereocenters. The van der Waals surface area contributed by atoms with E-state index in [4.69, 9.17) is 4.98 Å². The molecule has 0 N–H and O–H groups in total. The number of hydrogen-bond donors (Lipinski definition) is 0. The van der Waals surface area contributed by atoms with Crippen molar-refractivity contribution in [2.24, 2.45) is 0 Å². The molecule has 24 heavy (non-hydrogen) atoms. The standard InChI is InChI=1S/C19H21N3S2/c1-13-20-18-17(16(12-23-18)14-6-4-3-5-7-14)19(21-13)24-15-8-10-22(2)11-9-15/h3-7,12,15H,8-11H2,1-2H3. The van der Waals surface area contributed by atoms with Gasteiger partial charge >= 0.3 is 0 Å². The predicted molar refractivity (Wildman–Crippen MR) is 104 cm³/mol. The summed E-state index contributed by atoms with van der Waals surface area (Å²) in [7, 11) is 2.21. The van der Waals surface area contributed by atoms with Gasteiger partial charge in [-0.3, -0.25) is 0 Å². The van der Waals surface area contributed by atoms with Crippen LogP contribution in [0.4, 0.5) is 0 Å². The molecule has 2 aromatic heterocycles. The molecule has 0 atom stereocenters. The van der Waals surface area contributed by atoms with Gasteiger partial charge < -0.3 is 4.90 Å². The zero-order valence-corrected chi connectivity index (χ0v) is 15.7. The van der Waals surface area contributed by atoms with Crippen LogP contribution in [-0.2, 0) is 0 Å². The van der Waals surface area contributed by atoms with Gasteiger partial charge in [-0.2, -0.15) is 0 Å². The van der Waals surface area contributed by atoms with Gasteiger partial charge in [0.25, 0.3) is 0 Å². The number of aromatic nitrogens is 2. The van der Waals surface area contributed by atoms with Crippen LogP contribution in [0.1, 0.15) is 18.7 Å². The van der Waals surface area contributed by atoms with E-state index in [1.54, 1.807) is 11.3 Å². The molecular weight excluding hydrogens is 334 g/mol. The number of thioether (sulfide) groups is 1. The summed E-state index contributed by atoms with van der Waals surface area (Å²) in [4.78, 5) is 13.0. The van der Waals surface area contributed by atoms with Crippen LogP contribution in [-0.4, -0.2) is 40.3 Å². The number of fused-ring (bicyclic) bond motifs is 1. The van der Waals surface area contributed by atoms with E-state index in [1.807, 2.05) is 18.7 Å². The summed E-state index contributed by atoms with van der Waals surface area (Å²) >= 11 is 3.68. The summed E-state index contributed by atoms with van der Waals surface area (Å²) in [6.45, 7) is 4.36. The fourth-order valence-electron chi connectivity index (χ4n) is 3.19. The third-order valence-corrected chi connectivity index (χ3v) is 6.74. The van der Waals surface area contributed by atoms with Gasteiger partial charge in [0.2, 0.25) is 0 Å². The van der Waals surface area contributed by atoms with Crippen molar-refractivity contribution in [3.8, 4) is 11.1 Å². The van der Waals surface area contributed by atoms with Crippen LogP contribution >= 0.6 is 23.1 Å². The molecule has 0 saturated carbocycles. The third-order valence-electron chi connectivity index (χ3n) is 4.54. The van der Waals surface area contributed by atoms with Gasteiger partial charge in [-0.1, -0.05) is 30.3 Å². The maximum absolute atomic E-state index is 4.82. The molecule has 124 valence electrons. The van der Waals surface area contributed by atoms with Crippen molar-refractivity contribution < 1.29 is 0 Å². The van der Waals surface area contributed by atoms with Gasteiger partial charge in [-0.05, 0) is 45.5 Å². The lowest BCUT2D eigenvalue weighted by Crippen LogP contribution is -2.31. The molecule has 4 rings (SSSR count). The summed E-state index contributed by atoms with van der Waals surface area (Å²) in [5.41, 5.74) is 2.52. The number of thiophene rings is 1. The lowest BCUT2D eigenvalue weighted by atomic mass is 10.1. The molecule has 3 nitrogen and oxygen atoms in total. The van der Waals surface area contributed by atoms with Crippen molar-refractivity contribution in [3.05, 3.63) is 41.5 Å². The molecule has 5 heteroatoms. The van der Waals surface area contributed by atoms with Crippen molar-refractivity contribution in [2.75, 3.05) is 20.1 Å². The monoisotopic (exact) mass is 355 g/mol. The second kappa shape index (κ2) is 6.82. The van der Waals surface area contributed by atoms with Crippen LogP contribution < -0.4 is 0 Å². The van der Waals surface area contributed by atoms with Gasteiger partial charge in [-0.15, -0.1) is 23.1 Å². The van der Waals surface area contributed by atoms with E-state index in [0.29, 0.717) is 5.25 Å². The lowest BCUT2D eigenvalue weighted by Gasteiger charge is -2.28. The first kappa shape index (κ1) is 16.1. The minimum atomic E-state index is 0.655. The first-order valence-electron chi connectivity index (χ1n) is 8.37. The van der Waals surface area contributed by atoms with E-state index in [2.05, 4.69) is 52.6 Å². The fourth-order valence-corrected chi connectivity index (χ4v) is 5.52. The maximum atomic E-state index is 4.82. The number of nitrogens with zero attached hydrogens (tertiary/aromatic N) is 3. The van der Waals surface area contributed by atoms with E-state index < -0.39 is 0 Å². The Bertz CT molecular complexity index is 836. The molecule has 1 aromatic carbocycles. The Morgan fingerprint density at radius 3 is 2.62 bits per heavy atom. The Hall–Kier alpha value is -1.43. The Morgan fingerprint density at radius 1 is 1.12 bits per heavy atom. The van der Waals surface area contributed by atoms with Gasteiger partial charge in [-0.25, -0.2) is 9.97 Å². The quantitative estimate of drug-likeness (QED) is 0.628. The summed E-state index contributed by atoms with van der Waals surface area (Å²) in [6, 6.07) is 10.6. The topological polar surface area (TPSA) is 29.0 Å². The lowest BCUT2D eigenvalue weighted by molar-refractivity contribution is 0.282. The largest absolute Gasteiger partial charge is 0.306 e. The zero-order chi connectivity index (χ0) is 16.5. The van der Waals surface area contributed by atoms with Gasteiger partial charge in [0.05, 0.1) is 5.39 Å². The van der Waals surface area contributed by atoms with Crippen LogP contribution in [0.5, 0.6) is 0 Å². The molecule has 1 saturated heterocycles. The highest BCUT2D eigenvalue weighted by Gasteiger charge is 2.21. The van der Waals surface area contributed by atoms with Crippen molar-refractivity contribution in [1.82, 2.24) is 14.9 Å². The first-order valence-corrected chi connectivity index (χ1v) is 10.1. The number of rotatable bonds is 3. The Balaban J connectivity index is 1.75. The van der Waals surface area contributed by atoms with Crippen molar-refractivity contribution in [1.29, 1.82) is 0 Å². The maximum Gasteiger partial charge on any atom is 0.128 e. The first-order chi connectivity index (χ1) is 11.7. The molecular formula is C19H21N3S2. The van der Waals surface area contributed by atoms with Crippen molar-refractivity contribution in [2.45, 2.75) is 30.0 Å². The van der Waals surface area contributed by atoms with Crippen LogP contribution in [0.25, 0.3) is 21.3 Å². The summed E-state index contributed by atoms with van der Waals surface area (Å²) < 4.78 is 0. The zero-order valence-electron chi connectivity index (χ0n) is 14.0. The smallest absolute Gasteiger partial charge is 0.128 e. The number of piperidine rings is 1. The van der Waals surface area contributed by atoms with E-state index in [1.165, 1.54) is 42.4 Å². The van der Waals surface area contributed by atoms with Crippen molar-refractivity contribution in [3.63, 3.8) is 0 Å². The summed E-state index contributed by atoms with van der Waals surface area (Å²) in [5, 5.41) is 5.28. The minimum Gasteiger partial charge on any atom is -0.306 e. The average Bonchev–Trinajstić information content (AvgIpc) is 3.01. The third kappa shape index (κ3) is 3.21. The van der Waals surface area contributed by atoms with Crippen LogP contribution in [0.3, 0.4) is 0 Å². The molecule has 1 fully saturated rings. The van der Waals surface area contributed by atoms with Crippen LogP contribution in [0.15, 0.2) is 40.7 Å². The van der Waals surface area contributed by atoms with E-state index >= 15 is 0 Å².